The van der Waals surface area contributed by atoms with E-state index in [0.717, 1.165) is 50.6 Å². The maximum atomic E-state index is 11.9. The van der Waals surface area contributed by atoms with Gasteiger partial charge in [0.05, 0.1) is 0 Å². The summed E-state index contributed by atoms with van der Waals surface area (Å²) in [6.45, 7) is 11.3. The Bertz CT molecular complexity index is 604. The van der Waals surface area contributed by atoms with Crippen molar-refractivity contribution in [3.05, 3.63) is 34.6 Å². The van der Waals surface area contributed by atoms with Crippen molar-refractivity contribution >= 4 is 5.97 Å². The van der Waals surface area contributed by atoms with Gasteiger partial charge in [-0.25, -0.2) is 0 Å². The quantitative estimate of drug-likeness (QED) is 0.197. The average Bonchev–Trinajstić information content (AvgIpc) is 3.23. The number of hydrogen-bond acceptors (Lipinski definition) is 4. The van der Waals surface area contributed by atoms with Crippen LogP contribution in [-0.4, -0.2) is 24.7 Å². The minimum Gasteiger partial charge on any atom is -0.464 e. The van der Waals surface area contributed by atoms with E-state index in [1.54, 1.807) is 0 Å². The molecular formula is C26H46N2O2. The molecule has 0 amide bonds. The number of rotatable bonds is 14. The zero-order valence-corrected chi connectivity index (χ0v) is 20.2. The number of nitrogens with two attached hydrogens (primary N) is 1. The topological polar surface area (TPSA) is 64.3 Å². The van der Waals surface area contributed by atoms with Crippen LogP contribution in [0.25, 0.3) is 0 Å². The third kappa shape index (κ3) is 9.97. The molecule has 0 bridgehead atoms. The van der Waals surface area contributed by atoms with Crippen molar-refractivity contribution in [2.45, 2.75) is 117 Å². The van der Waals surface area contributed by atoms with Gasteiger partial charge in [0.25, 0.3) is 0 Å². The molecule has 0 aliphatic carbocycles. The largest absolute Gasteiger partial charge is 0.464 e. The monoisotopic (exact) mass is 418 g/mol. The number of carbonyl (C=O) groups is 1. The van der Waals surface area contributed by atoms with E-state index in [0.29, 0.717) is 19.1 Å². The predicted molar refractivity (Wildman–Crippen MR) is 128 cm³/mol. The van der Waals surface area contributed by atoms with Gasteiger partial charge in [-0.1, -0.05) is 76.2 Å². The second-order valence-corrected chi connectivity index (χ2v) is 8.74. The molecular weight excluding hydrogens is 372 g/mol. The SMILES string of the molecule is CCCCCCCC(=O)OC[C@@H]1CC[C@H](/C(C)=C/C=C(CCC)/C(N)=C(\C)CC)N1. The zero-order valence-electron chi connectivity index (χ0n) is 20.2. The third-order valence-electron chi connectivity index (χ3n) is 6.12. The van der Waals surface area contributed by atoms with E-state index in [1.807, 2.05) is 0 Å². The molecule has 172 valence electrons. The van der Waals surface area contributed by atoms with Crippen molar-refractivity contribution in [2.75, 3.05) is 6.61 Å². The lowest BCUT2D eigenvalue weighted by Crippen LogP contribution is -2.34. The fraction of sp³-hybridized carbons (Fsp3) is 0.731. The molecule has 30 heavy (non-hydrogen) atoms. The zero-order chi connectivity index (χ0) is 22.4. The number of nitrogens with one attached hydrogen (secondary N) is 1. The van der Waals surface area contributed by atoms with Crippen LogP contribution in [0.3, 0.4) is 0 Å². The van der Waals surface area contributed by atoms with E-state index < -0.39 is 0 Å². The summed E-state index contributed by atoms with van der Waals surface area (Å²) in [7, 11) is 0. The van der Waals surface area contributed by atoms with Crippen LogP contribution in [0.2, 0.25) is 0 Å². The van der Waals surface area contributed by atoms with Crippen molar-refractivity contribution < 1.29 is 9.53 Å². The smallest absolute Gasteiger partial charge is 0.305 e. The standard InChI is InChI=1S/C26H46N2O2/c1-6-9-10-11-12-14-25(29)30-19-23-17-18-24(28-23)21(5)15-16-22(13-7-2)26(27)20(4)8-3/h15-16,23-24,28H,6-14,17-19,27H2,1-5H3/b21-15+,22-16+,26-20-/t23-,24+/m0/s1. The van der Waals surface area contributed by atoms with Crippen molar-refractivity contribution in [2.24, 2.45) is 5.73 Å². The molecule has 1 rings (SSSR count). The normalized spacial score (nSPS) is 21.0. The molecule has 0 spiro atoms. The van der Waals surface area contributed by atoms with Gasteiger partial charge >= 0.3 is 5.97 Å². The molecule has 3 N–H and O–H groups in total. The van der Waals surface area contributed by atoms with Crippen LogP contribution < -0.4 is 11.1 Å². The van der Waals surface area contributed by atoms with E-state index in [2.05, 4.69) is 52.1 Å². The first-order valence-electron chi connectivity index (χ1n) is 12.2. The number of unbranched alkanes of at least 4 members (excludes halogenated alkanes) is 4. The lowest BCUT2D eigenvalue weighted by molar-refractivity contribution is -0.144. The van der Waals surface area contributed by atoms with Crippen molar-refractivity contribution in [3.63, 3.8) is 0 Å². The molecule has 1 heterocycles. The summed E-state index contributed by atoms with van der Waals surface area (Å²) in [5, 5.41) is 3.63. The van der Waals surface area contributed by atoms with Crippen LogP contribution in [0, 0.1) is 0 Å². The van der Waals surface area contributed by atoms with E-state index in [4.69, 9.17) is 10.5 Å². The molecule has 2 atom stereocenters. The van der Waals surface area contributed by atoms with Gasteiger partial charge in [-0.15, -0.1) is 0 Å². The van der Waals surface area contributed by atoms with E-state index >= 15 is 0 Å². The summed E-state index contributed by atoms with van der Waals surface area (Å²) in [5.41, 5.74) is 11.1. The lowest BCUT2D eigenvalue weighted by atomic mass is 10.00. The minimum absolute atomic E-state index is 0.0512. The first kappa shape index (κ1) is 26.5. The Hall–Kier alpha value is -1.55. The van der Waals surface area contributed by atoms with Crippen LogP contribution in [0.15, 0.2) is 34.6 Å². The van der Waals surface area contributed by atoms with Gasteiger partial charge < -0.3 is 15.8 Å². The lowest BCUT2D eigenvalue weighted by Gasteiger charge is -2.15. The first-order chi connectivity index (χ1) is 14.4. The van der Waals surface area contributed by atoms with Gasteiger partial charge in [0.1, 0.15) is 6.61 Å². The average molecular weight is 419 g/mol. The molecule has 1 aliphatic heterocycles. The van der Waals surface area contributed by atoms with E-state index in [-0.39, 0.29) is 12.0 Å². The second-order valence-electron chi connectivity index (χ2n) is 8.74. The van der Waals surface area contributed by atoms with Crippen LogP contribution in [0.5, 0.6) is 0 Å². The van der Waals surface area contributed by atoms with E-state index in [9.17, 15) is 4.79 Å². The predicted octanol–water partition coefficient (Wildman–Crippen LogP) is 6.33. The highest BCUT2D eigenvalue weighted by molar-refractivity contribution is 5.69. The molecule has 4 heteroatoms. The molecule has 0 aromatic rings. The second kappa shape index (κ2) is 15.3. The van der Waals surface area contributed by atoms with Crippen LogP contribution in [0.4, 0.5) is 0 Å². The number of esters is 1. The molecule has 1 fully saturated rings. The number of carbonyl (C=O) groups excluding carboxylic acids is 1. The number of ether oxygens (including phenoxy) is 1. The third-order valence-corrected chi connectivity index (χ3v) is 6.12. The summed E-state index contributed by atoms with van der Waals surface area (Å²) >= 11 is 0. The Morgan fingerprint density at radius 2 is 1.73 bits per heavy atom. The van der Waals surface area contributed by atoms with Gasteiger partial charge in [0.2, 0.25) is 0 Å². The van der Waals surface area contributed by atoms with Crippen LogP contribution in [-0.2, 0) is 9.53 Å². The summed E-state index contributed by atoms with van der Waals surface area (Å²) in [5.74, 6) is -0.0512. The molecule has 0 unspecified atom stereocenters. The summed E-state index contributed by atoms with van der Waals surface area (Å²) in [4.78, 5) is 11.9. The van der Waals surface area contributed by atoms with Gasteiger partial charge in [-0.3, -0.25) is 4.79 Å². The van der Waals surface area contributed by atoms with Gasteiger partial charge in [0, 0.05) is 24.2 Å². The molecule has 1 aliphatic rings. The molecule has 0 radical (unpaired) electrons. The van der Waals surface area contributed by atoms with E-state index in [1.165, 1.54) is 36.0 Å². The highest BCUT2D eigenvalue weighted by Gasteiger charge is 2.25. The maximum Gasteiger partial charge on any atom is 0.305 e. The fourth-order valence-corrected chi connectivity index (χ4v) is 3.84. The Morgan fingerprint density at radius 3 is 2.40 bits per heavy atom. The Balaban J connectivity index is 2.49. The number of hydrogen-bond donors (Lipinski definition) is 2. The van der Waals surface area contributed by atoms with Crippen LogP contribution >= 0.6 is 0 Å². The van der Waals surface area contributed by atoms with Gasteiger partial charge in [-0.2, -0.15) is 0 Å². The Labute approximate surface area is 185 Å². The van der Waals surface area contributed by atoms with Crippen molar-refractivity contribution in [1.29, 1.82) is 0 Å². The first-order valence-corrected chi connectivity index (χ1v) is 12.2. The summed E-state index contributed by atoms with van der Waals surface area (Å²) in [6, 6.07) is 0.605. The molecule has 1 saturated heterocycles. The molecule has 0 aromatic carbocycles. The Morgan fingerprint density at radius 1 is 1.00 bits per heavy atom. The number of allylic oxidation sites excluding steroid dienone is 4. The fourth-order valence-electron chi connectivity index (χ4n) is 3.84. The highest BCUT2D eigenvalue weighted by Crippen LogP contribution is 2.21. The maximum absolute atomic E-state index is 11.9. The van der Waals surface area contributed by atoms with Gasteiger partial charge in [-0.05, 0) is 51.5 Å². The Kier molecular flexibility index (Phi) is 13.5. The minimum atomic E-state index is -0.0512. The van der Waals surface area contributed by atoms with Crippen LogP contribution in [0.1, 0.15) is 105 Å². The summed E-state index contributed by atoms with van der Waals surface area (Å²) < 4.78 is 5.51. The van der Waals surface area contributed by atoms with Gasteiger partial charge in [0.15, 0.2) is 0 Å². The highest BCUT2D eigenvalue weighted by atomic mass is 16.5. The summed E-state index contributed by atoms with van der Waals surface area (Å²) in [6.07, 6.45) is 15.9. The molecule has 0 saturated carbocycles. The molecule has 4 nitrogen and oxygen atoms in total. The molecule has 0 aromatic heterocycles. The van der Waals surface area contributed by atoms with Crippen molar-refractivity contribution in [1.82, 2.24) is 5.32 Å². The van der Waals surface area contributed by atoms with Crippen molar-refractivity contribution in [3.8, 4) is 0 Å².